The third-order valence-corrected chi connectivity index (χ3v) is 8.11. The third kappa shape index (κ3) is 4.49. The molecule has 2 aromatic carbocycles. The molecular weight excluding hydrogens is 588 g/mol. The Labute approximate surface area is 253 Å². The van der Waals surface area contributed by atoms with Crippen LogP contribution in [-0.4, -0.2) is 66.2 Å². The molecule has 12 nitrogen and oxygen atoms in total. The van der Waals surface area contributed by atoms with Gasteiger partial charge in [0.1, 0.15) is 11.9 Å². The molecule has 0 bridgehead atoms. The number of rotatable bonds is 6. The molecule has 5 aromatic rings. The van der Waals surface area contributed by atoms with Crippen LogP contribution in [0.1, 0.15) is 33.6 Å². The third-order valence-electron chi connectivity index (χ3n) is 8.11. The van der Waals surface area contributed by atoms with Gasteiger partial charge in [0.15, 0.2) is 11.6 Å². The number of imide groups is 1. The minimum Gasteiger partial charge on any atom is -0.433 e. The van der Waals surface area contributed by atoms with Crippen LogP contribution in [0.5, 0.6) is 11.6 Å². The van der Waals surface area contributed by atoms with Crippen LogP contribution >= 0.6 is 0 Å². The van der Waals surface area contributed by atoms with Gasteiger partial charge in [-0.25, -0.2) is 28.1 Å². The first kappa shape index (κ1) is 28.2. The highest BCUT2D eigenvalue weighted by molar-refractivity contribution is 6.22. The Morgan fingerprint density at radius 1 is 1.07 bits per heavy atom. The Balaban J connectivity index is 1.15. The fourth-order valence-electron chi connectivity index (χ4n) is 5.85. The molecule has 5 heterocycles. The predicted octanol–water partition coefficient (Wildman–Crippen LogP) is 4.15. The Kier molecular flexibility index (Phi) is 6.40. The lowest BCUT2D eigenvalue weighted by Crippen LogP contribution is -2.35. The lowest BCUT2D eigenvalue weighted by molar-refractivity contribution is -0.119. The number of H-pyrrole nitrogens is 1. The van der Waals surface area contributed by atoms with Gasteiger partial charge in [-0.2, -0.15) is 5.10 Å². The molecule has 2 saturated heterocycles. The van der Waals surface area contributed by atoms with Gasteiger partial charge in [0.25, 0.3) is 5.91 Å². The molecule has 2 aliphatic rings. The van der Waals surface area contributed by atoms with Crippen molar-refractivity contribution < 1.29 is 33.0 Å². The minimum atomic E-state index is -0.875. The number of aliphatic hydroxyl groups excluding tert-OH is 1. The topological polar surface area (TPSA) is 160 Å². The van der Waals surface area contributed by atoms with Crippen LogP contribution in [0, 0.1) is 25.5 Å². The van der Waals surface area contributed by atoms with E-state index < -0.39 is 47.3 Å². The number of benzene rings is 2. The molecule has 2 atom stereocenters. The molecule has 45 heavy (non-hydrogen) atoms. The van der Waals surface area contributed by atoms with Crippen molar-refractivity contribution in [1.82, 2.24) is 24.6 Å². The zero-order chi connectivity index (χ0) is 31.7. The van der Waals surface area contributed by atoms with Crippen molar-refractivity contribution in [1.29, 1.82) is 0 Å². The largest absolute Gasteiger partial charge is 0.433 e. The van der Waals surface area contributed by atoms with Crippen molar-refractivity contribution in [2.24, 2.45) is 0 Å². The molecule has 0 saturated carbocycles. The number of ketones is 1. The summed E-state index contributed by atoms with van der Waals surface area (Å²) in [5.41, 5.74) is 9.22. The number of hydrogen-bond donors (Lipinski definition) is 3. The summed E-state index contributed by atoms with van der Waals surface area (Å²) in [5, 5.41) is 14.9. The number of aromatic nitrogens is 4. The molecule has 0 unspecified atom stereocenters. The van der Waals surface area contributed by atoms with Gasteiger partial charge in [-0.3, -0.25) is 9.59 Å². The number of pyridine rings is 1. The van der Waals surface area contributed by atoms with E-state index in [1.54, 1.807) is 32.0 Å². The summed E-state index contributed by atoms with van der Waals surface area (Å²) in [7, 11) is 0. The number of nitrogens with two attached hydrogens (primary N) is 1. The number of amides is 3. The first-order valence-corrected chi connectivity index (χ1v) is 13.9. The summed E-state index contributed by atoms with van der Waals surface area (Å²) in [6.07, 6.45) is 2.15. The molecule has 7 rings (SSSR count). The number of ether oxygens (including phenoxy) is 1. The molecular formula is C31H25F2N7O5. The lowest BCUT2D eigenvalue weighted by Gasteiger charge is -2.18. The van der Waals surface area contributed by atoms with Gasteiger partial charge in [0.05, 0.1) is 41.1 Å². The number of aromatic amines is 1. The normalized spacial score (nSPS) is 17.9. The van der Waals surface area contributed by atoms with Gasteiger partial charge in [0.2, 0.25) is 17.4 Å². The van der Waals surface area contributed by atoms with Crippen molar-refractivity contribution in [3.8, 4) is 17.3 Å². The van der Waals surface area contributed by atoms with Gasteiger partial charge in [-0.1, -0.05) is 6.07 Å². The molecule has 0 aliphatic carbocycles. The van der Waals surface area contributed by atoms with Gasteiger partial charge >= 0.3 is 6.03 Å². The molecule has 2 fully saturated rings. The highest BCUT2D eigenvalue weighted by atomic mass is 19.1. The zero-order valence-corrected chi connectivity index (χ0v) is 23.9. The smallest absolute Gasteiger partial charge is 0.332 e. The summed E-state index contributed by atoms with van der Waals surface area (Å²) in [5.74, 6) is -3.19. The maximum atomic E-state index is 14.0. The van der Waals surface area contributed by atoms with Gasteiger partial charge < -0.3 is 25.5 Å². The number of hydrogen-bond acceptors (Lipinski definition) is 8. The summed E-state index contributed by atoms with van der Waals surface area (Å²) in [6, 6.07) is 8.71. The summed E-state index contributed by atoms with van der Waals surface area (Å²) in [4.78, 5) is 49.3. The first-order valence-electron chi connectivity index (χ1n) is 13.9. The Morgan fingerprint density at radius 3 is 2.51 bits per heavy atom. The van der Waals surface area contributed by atoms with E-state index in [9.17, 15) is 28.3 Å². The van der Waals surface area contributed by atoms with E-state index in [0.717, 1.165) is 17.0 Å². The van der Waals surface area contributed by atoms with E-state index in [2.05, 4.69) is 15.1 Å². The van der Waals surface area contributed by atoms with Crippen molar-refractivity contribution in [2.75, 3.05) is 17.2 Å². The second-order valence-electron chi connectivity index (χ2n) is 11.1. The second kappa shape index (κ2) is 10.2. The van der Waals surface area contributed by atoms with Crippen molar-refractivity contribution in [2.45, 2.75) is 32.4 Å². The number of nitrogens with zero attached hydrogens (tertiary/aromatic N) is 5. The highest BCUT2D eigenvalue weighted by Gasteiger charge is 2.51. The standard InChI is InChI=1S/C31H25F2N7O5/c1-14-6-16-8-22(37-21(16)10-23(14)39-30(43)24-9-17(41)13-38(24)31(39)44)27(42)18-11-36-40(29(18)34)25-12-35-26(7-15(25)2)45-28-19(32)4-3-5-20(28)33/h3-8,10-12,17,24,37,41H,9,13,34H2,1-2H3/t17-,24+/m1/s1. The quantitative estimate of drug-likeness (QED) is 0.190. The average molecular weight is 614 g/mol. The van der Waals surface area contributed by atoms with Gasteiger partial charge in [-0.15, -0.1) is 0 Å². The fourth-order valence-corrected chi connectivity index (χ4v) is 5.85. The van der Waals surface area contributed by atoms with E-state index in [0.29, 0.717) is 33.4 Å². The number of aryl methyl sites for hydroxylation is 2. The van der Waals surface area contributed by atoms with E-state index in [1.165, 1.54) is 34.1 Å². The Morgan fingerprint density at radius 2 is 1.80 bits per heavy atom. The lowest BCUT2D eigenvalue weighted by atomic mass is 10.1. The van der Waals surface area contributed by atoms with Crippen LogP contribution in [0.25, 0.3) is 16.6 Å². The number of anilines is 2. The number of carbonyl (C=O) groups excluding carboxylic acids is 3. The number of aliphatic hydroxyl groups is 1. The second-order valence-corrected chi connectivity index (χ2v) is 11.1. The summed E-state index contributed by atoms with van der Waals surface area (Å²) >= 11 is 0. The molecule has 4 N–H and O–H groups in total. The summed E-state index contributed by atoms with van der Waals surface area (Å²) in [6.45, 7) is 3.57. The molecule has 0 spiro atoms. The summed E-state index contributed by atoms with van der Waals surface area (Å²) < 4.78 is 34.7. The van der Waals surface area contributed by atoms with E-state index in [1.807, 2.05) is 0 Å². The molecule has 3 aromatic heterocycles. The molecule has 0 radical (unpaired) electrons. The number of para-hydroxylation sites is 1. The minimum absolute atomic E-state index is 0.0327. The van der Waals surface area contributed by atoms with Crippen LogP contribution < -0.4 is 15.4 Å². The molecule has 14 heteroatoms. The van der Waals surface area contributed by atoms with Crippen LogP contribution in [0.15, 0.2) is 54.9 Å². The number of nitrogens with one attached hydrogen (secondary N) is 1. The Bertz CT molecular complexity index is 2030. The van der Waals surface area contributed by atoms with Crippen molar-refractivity contribution in [3.05, 3.63) is 88.9 Å². The fraction of sp³-hybridized carbons (Fsp3) is 0.194. The van der Waals surface area contributed by atoms with Gasteiger partial charge in [0, 0.05) is 29.9 Å². The molecule has 2 aliphatic heterocycles. The molecule has 3 amide bonds. The number of urea groups is 1. The van der Waals surface area contributed by atoms with Crippen LogP contribution in [0.2, 0.25) is 0 Å². The zero-order valence-electron chi connectivity index (χ0n) is 23.9. The maximum absolute atomic E-state index is 14.0. The highest BCUT2D eigenvalue weighted by Crippen LogP contribution is 2.36. The van der Waals surface area contributed by atoms with Crippen LogP contribution in [0.4, 0.5) is 25.1 Å². The van der Waals surface area contributed by atoms with Gasteiger partial charge in [-0.05, 0) is 55.3 Å². The Hall–Kier alpha value is -5.63. The first-order chi connectivity index (χ1) is 21.5. The van der Waals surface area contributed by atoms with Crippen LogP contribution in [0.3, 0.4) is 0 Å². The number of fused-ring (bicyclic) bond motifs is 2. The van der Waals surface area contributed by atoms with E-state index >= 15 is 0 Å². The van der Waals surface area contributed by atoms with E-state index in [4.69, 9.17) is 10.5 Å². The molecule has 228 valence electrons. The monoisotopic (exact) mass is 613 g/mol. The number of halogens is 2. The average Bonchev–Trinajstić information content (AvgIpc) is 3.74. The van der Waals surface area contributed by atoms with Crippen LogP contribution in [-0.2, 0) is 4.79 Å². The van der Waals surface area contributed by atoms with E-state index in [-0.39, 0.29) is 35.9 Å². The number of carbonyl (C=O) groups is 3. The predicted molar refractivity (Wildman–Crippen MR) is 157 cm³/mol. The maximum Gasteiger partial charge on any atom is 0.332 e. The number of nitrogen functional groups attached to an aromatic ring is 1. The SMILES string of the molecule is Cc1cc2cc(C(=O)c3cnn(-c4cnc(Oc5c(F)cccc5F)cc4C)c3N)[nH]c2cc1N1C(=O)[C@@H]2C[C@@H](O)CN2C1=O. The van der Waals surface area contributed by atoms with Crippen molar-refractivity contribution in [3.63, 3.8) is 0 Å². The van der Waals surface area contributed by atoms with Crippen molar-refractivity contribution >= 4 is 40.1 Å².